The molecule has 1 aliphatic rings. The van der Waals surface area contributed by atoms with E-state index in [0.717, 1.165) is 56.5 Å². The van der Waals surface area contributed by atoms with Crippen molar-refractivity contribution in [1.82, 2.24) is 10.6 Å². The summed E-state index contributed by atoms with van der Waals surface area (Å²) in [7, 11) is 1.77. The zero-order valence-electron chi connectivity index (χ0n) is 14.7. The van der Waals surface area contributed by atoms with Crippen molar-refractivity contribution in [3.8, 4) is 5.75 Å². The predicted octanol–water partition coefficient (Wildman–Crippen LogP) is 1.73. The average Bonchev–Trinajstić information content (AvgIpc) is 3.11. The van der Waals surface area contributed by atoms with Crippen LogP contribution < -0.4 is 15.4 Å². The van der Waals surface area contributed by atoms with E-state index in [2.05, 4.69) is 15.6 Å². The van der Waals surface area contributed by atoms with Crippen molar-refractivity contribution in [3.05, 3.63) is 29.8 Å². The minimum atomic E-state index is 0.279. The van der Waals surface area contributed by atoms with Gasteiger partial charge in [0.1, 0.15) is 12.4 Å². The number of rotatable bonds is 9. The van der Waals surface area contributed by atoms with Crippen LogP contribution in [0.2, 0.25) is 0 Å². The lowest BCUT2D eigenvalue weighted by molar-refractivity contribution is 0.0420. The van der Waals surface area contributed by atoms with Crippen molar-refractivity contribution < 1.29 is 14.2 Å². The summed E-state index contributed by atoms with van der Waals surface area (Å²) in [6, 6.07) is 8.02. The van der Waals surface area contributed by atoms with Crippen LogP contribution in [-0.2, 0) is 9.47 Å². The molecule has 0 amide bonds. The highest BCUT2D eigenvalue weighted by molar-refractivity contribution is 5.79. The van der Waals surface area contributed by atoms with E-state index in [1.165, 1.54) is 0 Å². The van der Waals surface area contributed by atoms with E-state index in [0.29, 0.717) is 13.2 Å². The van der Waals surface area contributed by atoms with Gasteiger partial charge in [-0.05, 0) is 31.4 Å². The molecule has 1 aromatic rings. The fourth-order valence-corrected chi connectivity index (χ4v) is 2.44. The molecule has 0 spiro atoms. The number of nitrogens with zero attached hydrogens (tertiary/aromatic N) is 1. The van der Waals surface area contributed by atoms with Gasteiger partial charge in [0.05, 0.1) is 19.3 Å². The van der Waals surface area contributed by atoms with Gasteiger partial charge in [-0.25, -0.2) is 0 Å². The summed E-state index contributed by atoms with van der Waals surface area (Å²) >= 11 is 0. The number of benzene rings is 1. The van der Waals surface area contributed by atoms with Gasteiger partial charge in [-0.3, -0.25) is 4.99 Å². The molecule has 1 aromatic carbocycles. The Morgan fingerprint density at radius 3 is 2.83 bits per heavy atom. The standard InChI is InChI=1S/C18H29N3O3/c1-15-6-3-4-7-17(15)24-13-10-21-18(19-2)20-9-5-11-23-16-8-12-22-14-16/h3-4,6-7,16H,5,8-14H2,1-2H3,(H2,19,20,21). The van der Waals surface area contributed by atoms with Crippen molar-refractivity contribution in [2.45, 2.75) is 25.9 Å². The SMILES string of the molecule is CN=C(NCCCOC1CCOC1)NCCOc1ccccc1C. The monoisotopic (exact) mass is 335 g/mol. The van der Waals surface area contributed by atoms with E-state index < -0.39 is 0 Å². The van der Waals surface area contributed by atoms with Gasteiger partial charge in [-0.15, -0.1) is 0 Å². The van der Waals surface area contributed by atoms with E-state index >= 15 is 0 Å². The van der Waals surface area contributed by atoms with Crippen molar-refractivity contribution >= 4 is 5.96 Å². The summed E-state index contributed by atoms with van der Waals surface area (Å²) in [6.07, 6.45) is 2.23. The van der Waals surface area contributed by atoms with Crippen LogP contribution in [0.15, 0.2) is 29.3 Å². The maximum Gasteiger partial charge on any atom is 0.191 e. The Labute approximate surface area is 144 Å². The number of guanidine groups is 1. The molecule has 2 rings (SSSR count). The number of aryl methyl sites for hydroxylation is 1. The third-order valence-corrected chi connectivity index (χ3v) is 3.82. The first-order valence-electron chi connectivity index (χ1n) is 8.62. The molecule has 1 atom stereocenters. The lowest BCUT2D eigenvalue weighted by atomic mass is 10.2. The summed E-state index contributed by atoms with van der Waals surface area (Å²) in [4.78, 5) is 4.20. The molecule has 0 radical (unpaired) electrons. The van der Waals surface area contributed by atoms with Crippen LogP contribution >= 0.6 is 0 Å². The molecule has 0 bridgehead atoms. The number of hydrogen-bond acceptors (Lipinski definition) is 4. The van der Waals surface area contributed by atoms with Crippen LogP contribution in [0.5, 0.6) is 5.75 Å². The summed E-state index contributed by atoms with van der Waals surface area (Å²) < 4.78 is 16.8. The highest BCUT2D eigenvalue weighted by Crippen LogP contribution is 2.15. The molecule has 1 fully saturated rings. The molecule has 24 heavy (non-hydrogen) atoms. The van der Waals surface area contributed by atoms with Gasteiger partial charge in [0.25, 0.3) is 0 Å². The molecule has 1 aliphatic heterocycles. The molecule has 1 saturated heterocycles. The number of nitrogens with one attached hydrogen (secondary N) is 2. The molecule has 0 saturated carbocycles. The Hall–Kier alpha value is -1.79. The number of hydrogen-bond donors (Lipinski definition) is 2. The summed E-state index contributed by atoms with van der Waals surface area (Å²) in [6.45, 7) is 6.46. The van der Waals surface area contributed by atoms with E-state index in [1.54, 1.807) is 7.05 Å². The van der Waals surface area contributed by atoms with E-state index in [9.17, 15) is 0 Å². The number of para-hydroxylation sites is 1. The molecule has 1 unspecified atom stereocenters. The molecule has 6 nitrogen and oxygen atoms in total. The molecular formula is C18H29N3O3. The molecule has 0 aromatic heterocycles. The van der Waals surface area contributed by atoms with Gasteiger partial charge < -0.3 is 24.8 Å². The highest BCUT2D eigenvalue weighted by Gasteiger charge is 2.15. The second kappa shape index (κ2) is 10.9. The first-order valence-corrected chi connectivity index (χ1v) is 8.62. The fourth-order valence-electron chi connectivity index (χ4n) is 2.44. The topological polar surface area (TPSA) is 64.1 Å². The normalized spacial score (nSPS) is 17.8. The highest BCUT2D eigenvalue weighted by atomic mass is 16.5. The van der Waals surface area contributed by atoms with Crippen LogP contribution in [0, 0.1) is 6.92 Å². The number of ether oxygens (including phenoxy) is 3. The first kappa shape index (κ1) is 18.5. The average molecular weight is 335 g/mol. The van der Waals surface area contributed by atoms with Gasteiger partial charge in [-0.2, -0.15) is 0 Å². The molecular weight excluding hydrogens is 306 g/mol. The maximum atomic E-state index is 5.75. The molecule has 1 heterocycles. The van der Waals surface area contributed by atoms with Gasteiger partial charge in [0.15, 0.2) is 5.96 Å². The summed E-state index contributed by atoms with van der Waals surface area (Å²) in [5.74, 6) is 1.71. The van der Waals surface area contributed by atoms with Gasteiger partial charge >= 0.3 is 0 Å². The van der Waals surface area contributed by atoms with Crippen molar-refractivity contribution in [2.24, 2.45) is 4.99 Å². The second-order valence-corrected chi connectivity index (χ2v) is 5.75. The maximum absolute atomic E-state index is 5.75. The minimum Gasteiger partial charge on any atom is -0.491 e. The second-order valence-electron chi connectivity index (χ2n) is 5.75. The molecule has 6 heteroatoms. The lowest BCUT2D eigenvalue weighted by Crippen LogP contribution is -2.40. The largest absolute Gasteiger partial charge is 0.491 e. The first-order chi connectivity index (χ1) is 11.8. The minimum absolute atomic E-state index is 0.279. The van der Waals surface area contributed by atoms with Crippen LogP contribution in [0.25, 0.3) is 0 Å². The van der Waals surface area contributed by atoms with Gasteiger partial charge in [0, 0.05) is 26.8 Å². The smallest absolute Gasteiger partial charge is 0.191 e. The summed E-state index contributed by atoms with van der Waals surface area (Å²) in [5.41, 5.74) is 1.15. The van der Waals surface area contributed by atoms with Crippen molar-refractivity contribution in [1.29, 1.82) is 0 Å². The Morgan fingerprint density at radius 2 is 2.08 bits per heavy atom. The zero-order chi connectivity index (χ0) is 17.0. The molecule has 2 N–H and O–H groups in total. The van der Waals surface area contributed by atoms with Crippen LogP contribution in [-0.4, -0.2) is 58.6 Å². The van der Waals surface area contributed by atoms with Gasteiger partial charge in [0.2, 0.25) is 0 Å². The fraction of sp³-hybridized carbons (Fsp3) is 0.611. The summed E-state index contributed by atoms with van der Waals surface area (Å²) in [5, 5.41) is 6.52. The van der Waals surface area contributed by atoms with Gasteiger partial charge in [-0.1, -0.05) is 18.2 Å². The Bertz CT molecular complexity index is 502. The van der Waals surface area contributed by atoms with Crippen LogP contribution in [0.3, 0.4) is 0 Å². The van der Waals surface area contributed by atoms with Crippen LogP contribution in [0.4, 0.5) is 0 Å². The lowest BCUT2D eigenvalue weighted by Gasteiger charge is -2.14. The Balaban J connectivity index is 1.51. The Kier molecular flexibility index (Phi) is 8.41. The van der Waals surface area contributed by atoms with Crippen LogP contribution in [0.1, 0.15) is 18.4 Å². The molecule has 0 aliphatic carbocycles. The molecule has 134 valence electrons. The van der Waals surface area contributed by atoms with E-state index in [1.807, 2.05) is 31.2 Å². The third kappa shape index (κ3) is 6.76. The van der Waals surface area contributed by atoms with Crippen molar-refractivity contribution in [2.75, 3.05) is 46.6 Å². The van der Waals surface area contributed by atoms with E-state index in [4.69, 9.17) is 14.2 Å². The quantitative estimate of drug-likeness (QED) is 0.409. The van der Waals surface area contributed by atoms with E-state index in [-0.39, 0.29) is 6.10 Å². The third-order valence-electron chi connectivity index (χ3n) is 3.82. The number of aliphatic imine (C=N–C) groups is 1. The predicted molar refractivity (Wildman–Crippen MR) is 95.8 cm³/mol. The zero-order valence-corrected chi connectivity index (χ0v) is 14.7. The van der Waals surface area contributed by atoms with Crippen molar-refractivity contribution in [3.63, 3.8) is 0 Å². The Morgan fingerprint density at radius 1 is 1.25 bits per heavy atom.